The topological polar surface area (TPSA) is 117 Å². The molecule has 0 radical (unpaired) electrons. The van der Waals surface area contributed by atoms with Crippen LogP contribution in [0.5, 0.6) is 0 Å². The van der Waals surface area contributed by atoms with Crippen LogP contribution in [-0.2, 0) is 9.47 Å². The molecule has 2 amide bonds. The van der Waals surface area contributed by atoms with Crippen LogP contribution >= 0.6 is 46.4 Å². The number of rotatable bonds is 3. The van der Waals surface area contributed by atoms with Gasteiger partial charge in [-0.1, -0.05) is 46.4 Å². The van der Waals surface area contributed by atoms with Gasteiger partial charge in [-0.15, -0.1) is 0 Å². The summed E-state index contributed by atoms with van der Waals surface area (Å²) in [5.74, 6) is -1.82. The maximum absolute atomic E-state index is 12.9. The fourth-order valence-electron chi connectivity index (χ4n) is 3.17. The second-order valence-corrected chi connectivity index (χ2v) is 7.43. The van der Waals surface area contributed by atoms with Crippen LogP contribution in [0, 0.1) is 0 Å². The molecule has 1 fully saturated rings. The SMILES string of the molecule is CO[C@@H]1O[C@H](CO)[C@@H](O)[C@H](O)[C@H]1N1C(=O)c2c(Cl)c(Cl)c(Cl)c(Cl)c2C1=O. The minimum absolute atomic E-state index is 0.200. The van der Waals surface area contributed by atoms with Crippen molar-refractivity contribution in [3.8, 4) is 0 Å². The summed E-state index contributed by atoms with van der Waals surface area (Å²) in [6.07, 6.45) is -5.76. The van der Waals surface area contributed by atoms with Crippen LogP contribution in [0.15, 0.2) is 0 Å². The van der Waals surface area contributed by atoms with Crippen molar-refractivity contribution in [3.63, 3.8) is 0 Å². The number of aliphatic hydroxyl groups is 3. The van der Waals surface area contributed by atoms with E-state index in [4.69, 9.17) is 55.9 Å². The molecule has 0 aromatic heterocycles. The Hall–Kier alpha value is -0.680. The maximum Gasteiger partial charge on any atom is 0.263 e. The maximum atomic E-state index is 12.9. The monoisotopic (exact) mass is 459 g/mol. The van der Waals surface area contributed by atoms with E-state index in [0.29, 0.717) is 4.90 Å². The Kier molecular flexibility index (Phi) is 5.94. The molecule has 5 atom stereocenters. The van der Waals surface area contributed by atoms with Crippen molar-refractivity contribution in [2.75, 3.05) is 13.7 Å². The van der Waals surface area contributed by atoms with Crippen LogP contribution in [-0.4, -0.2) is 76.4 Å². The molecule has 0 spiro atoms. The zero-order valence-electron chi connectivity index (χ0n) is 13.5. The first-order chi connectivity index (χ1) is 12.7. The van der Waals surface area contributed by atoms with Crippen LogP contribution in [0.3, 0.4) is 0 Å². The second-order valence-electron chi connectivity index (χ2n) is 5.92. The summed E-state index contributed by atoms with van der Waals surface area (Å²) in [5, 5.41) is 28.9. The van der Waals surface area contributed by atoms with E-state index in [0.717, 1.165) is 0 Å². The molecule has 148 valence electrons. The number of fused-ring (bicyclic) bond motifs is 1. The molecule has 27 heavy (non-hydrogen) atoms. The Morgan fingerprint density at radius 1 is 0.963 bits per heavy atom. The van der Waals surface area contributed by atoms with Crippen LogP contribution in [0.25, 0.3) is 0 Å². The molecule has 1 saturated heterocycles. The van der Waals surface area contributed by atoms with E-state index in [-0.39, 0.29) is 31.2 Å². The molecule has 1 aromatic carbocycles. The average Bonchev–Trinajstić information content (AvgIpc) is 2.91. The number of amides is 2. The van der Waals surface area contributed by atoms with Crippen molar-refractivity contribution in [2.45, 2.75) is 30.6 Å². The molecular weight excluding hydrogens is 448 g/mol. The van der Waals surface area contributed by atoms with Crippen molar-refractivity contribution in [1.82, 2.24) is 4.90 Å². The fourth-order valence-corrected chi connectivity index (χ4v) is 4.19. The van der Waals surface area contributed by atoms with E-state index < -0.39 is 49.1 Å². The first kappa shape index (κ1) is 21.0. The molecule has 8 nitrogen and oxygen atoms in total. The molecule has 0 aliphatic carbocycles. The van der Waals surface area contributed by atoms with E-state index in [1.165, 1.54) is 7.11 Å². The Morgan fingerprint density at radius 2 is 1.44 bits per heavy atom. The molecule has 0 saturated carbocycles. The number of halogens is 4. The largest absolute Gasteiger partial charge is 0.394 e. The van der Waals surface area contributed by atoms with Crippen LogP contribution in [0.4, 0.5) is 0 Å². The molecule has 0 unspecified atom stereocenters. The van der Waals surface area contributed by atoms with E-state index >= 15 is 0 Å². The molecular formula is C15H13Cl4NO7. The summed E-state index contributed by atoms with van der Waals surface area (Å²) in [7, 11) is 1.21. The number of carbonyl (C=O) groups excluding carboxylic acids is 2. The van der Waals surface area contributed by atoms with Gasteiger partial charge in [-0.25, -0.2) is 0 Å². The highest BCUT2D eigenvalue weighted by molar-refractivity contribution is 6.55. The van der Waals surface area contributed by atoms with Crippen LogP contribution in [0.2, 0.25) is 20.1 Å². The Balaban J connectivity index is 2.10. The lowest BCUT2D eigenvalue weighted by molar-refractivity contribution is -0.272. The van der Waals surface area contributed by atoms with Crippen molar-refractivity contribution < 1.29 is 34.4 Å². The number of hydrogen-bond donors (Lipinski definition) is 3. The molecule has 3 N–H and O–H groups in total. The van der Waals surface area contributed by atoms with Gasteiger partial charge in [0.15, 0.2) is 6.29 Å². The van der Waals surface area contributed by atoms with Crippen molar-refractivity contribution in [1.29, 1.82) is 0 Å². The molecule has 12 heteroatoms. The first-order valence-corrected chi connectivity index (χ1v) is 9.07. The van der Waals surface area contributed by atoms with E-state index in [9.17, 15) is 24.9 Å². The van der Waals surface area contributed by atoms with Crippen LogP contribution < -0.4 is 0 Å². The Labute approximate surface area is 173 Å². The summed E-state index contributed by atoms with van der Waals surface area (Å²) in [6.45, 7) is -0.615. The third-order valence-corrected chi connectivity index (χ3v) is 6.31. The second kappa shape index (κ2) is 7.62. The normalized spacial score (nSPS) is 30.8. The first-order valence-electron chi connectivity index (χ1n) is 7.56. The summed E-state index contributed by atoms with van der Waals surface area (Å²) in [5.41, 5.74) is -0.552. The zero-order chi connectivity index (χ0) is 20.2. The van der Waals surface area contributed by atoms with Gasteiger partial charge in [0.2, 0.25) is 0 Å². The van der Waals surface area contributed by atoms with Gasteiger partial charge < -0.3 is 24.8 Å². The highest BCUT2D eigenvalue weighted by Crippen LogP contribution is 2.46. The van der Waals surface area contributed by atoms with Gasteiger partial charge in [-0.2, -0.15) is 0 Å². The third kappa shape index (κ3) is 3.04. The smallest absolute Gasteiger partial charge is 0.263 e. The summed E-state index contributed by atoms with van der Waals surface area (Å²) < 4.78 is 10.5. The molecule has 2 aliphatic heterocycles. The van der Waals surface area contributed by atoms with Gasteiger partial charge in [-0.05, 0) is 0 Å². The minimum Gasteiger partial charge on any atom is -0.394 e. The number of imide groups is 1. The standard InChI is InChI=1S/C15H13Cl4NO7/c1-26-15-10(12(23)11(22)3(2-21)27-15)20-13(24)4-5(14(20)25)7(17)9(19)8(18)6(4)16/h3,10-12,15,21-23H,2H2,1H3/t3-,10-,11-,12-,15-/m1/s1. The molecule has 2 heterocycles. The Morgan fingerprint density at radius 3 is 1.85 bits per heavy atom. The Bertz CT molecular complexity index is 771. The lowest BCUT2D eigenvalue weighted by atomic mass is 9.95. The quantitative estimate of drug-likeness (QED) is 0.354. The lowest BCUT2D eigenvalue weighted by Crippen LogP contribution is -2.65. The zero-order valence-corrected chi connectivity index (χ0v) is 16.6. The molecule has 0 bridgehead atoms. The minimum atomic E-state index is -1.67. The van der Waals surface area contributed by atoms with Crippen molar-refractivity contribution >= 4 is 58.2 Å². The highest BCUT2D eigenvalue weighted by Gasteiger charge is 2.54. The predicted octanol–water partition coefficient (Wildman–Crippen LogP) is 1.35. The number of carbonyl (C=O) groups is 2. The molecule has 3 rings (SSSR count). The predicted molar refractivity (Wildman–Crippen MR) is 95.5 cm³/mol. The van der Waals surface area contributed by atoms with E-state index in [2.05, 4.69) is 0 Å². The number of nitrogens with zero attached hydrogens (tertiary/aromatic N) is 1. The van der Waals surface area contributed by atoms with Gasteiger partial charge in [0.1, 0.15) is 24.4 Å². The fraction of sp³-hybridized carbons (Fsp3) is 0.467. The van der Waals surface area contributed by atoms with Crippen LogP contribution in [0.1, 0.15) is 20.7 Å². The van der Waals surface area contributed by atoms with Gasteiger partial charge in [-0.3, -0.25) is 14.5 Å². The van der Waals surface area contributed by atoms with Gasteiger partial charge in [0, 0.05) is 7.11 Å². The lowest BCUT2D eigenvalue weighted by Gasteiger charge is -2.44. The number of methoxy groups -OCH3 is 1. The highest BCUT2D eigenvalue weighted by atomic mass is 35.5. The van der Waals surface area contributed by atoms with Gasteiger partial charge in [0.25, 0.3) is 11.8 Å². The van der Waals surface area contributed by atoms with Gasteiger partial charge in [0.05, 0.1) is 37.8 Å². The van der Waals surface area contributed by atoms with Crippen molar-refractivity contribution in [2.24, 2.45) is 0 Å². The van der Waals surface area contributed by atoms with Gasteiger partial charge >= 0.3 is 0 Å². The average molecular weight is 461 g/mol. The number of benzene rings is 1. The molecule has 1 aromatic rings. The summed E-state index contributed by atoms with van der Waals surface area (Å²) >= 11 is 24.1. The number of aliphatic hydroxyl groups excluding tert-OH is 3. The summed E-state index contributed by atoms with van der Waals surface area (Å²) in [4.78, 5) is 26.5. The summed E-state index contributed by atoms with van der Waals surface area (Å²) in [6, 6.07) is -1.44. The molecule has 2 aliphatic rings. The number of ether oxygens (including phenoxy) is 2. The third-order valence-electron chi connectivity index (χ3n) is 4.51. The number of hydrogen-bond acceptors (Lipinski definition) is 7. The van der Waals surface area contributed by atoms with Crippen molar-refractivity contribution in [3.05, 3.63) is 31.2 Å². The van der Waals surface area contributed by atoms with E-state index in [1.54, 1.807) is 0 Å². The van der Waals surface area contributed by atoms with E-state index in [1.807, 2.05) is 0 Å².